The van der Waals surface area contributed by atoms with Gasteiger partial charge in [0.25, 0.3) is 0 Å². The highest BCUT2D eigenvalue weighted by Gasteiger charge is 2.14. The first-order chi connectivity index (χ1) is 7.97. The van der Waals surface area contributed by atoms with E-state index in [4.69, 9.17) is 12.2 Å². The summed E-state index contributed by atoms with van der Waals surface area (Å²) < 4.78 is 3.48. The average Bonchev–Trinajstić information content (AvgIpc) is 2.77. The summed E-state index contributed by atoms with van der Waals surface area (Å²) >= 11 is 5.26. The van der Waals surface area contributed by atoms with E-state index in [9.17, 15) is 4.79 Å². The van der Waals surface area contributed by atoms with Gasteiger partial charge in [0.1, 0.15) is 16.0 Å². The Balaban J connectivity index is 2.86. The number of aromatic amines is 1. The van der Waals surface area contributed by atoms with Crippen molar-refractivity contribution in [1.29, 1.82) is 0 Å². The van der Waals surface area contributed by atoms with Crippen molar-refractivity contribution >= 4 is 23.4 Å². The molecule has 0 aliphatic carbocycles. The molecule has 0 radical (unpaired) electrons. The molecule has 0 saturated carbocycles. The summed E-state index contributed by atoms with van der Waals surface area (Å²) in [6, 6.07) is 0. The van der Waals surface area contributed by atoms with Gasteiger partial charge in [0.2, 0.25) is 0 Å². The van der Waals surface area contributed by atoms with Gasteiger partial charge in [-0.2, -0.15) is 0 Å². The van der Waals surface area contributed by atoms with E-state index in [0.717, 1.165) is 17.8 Å². The van der Waals surface area contributed by atoms with Gasteiger partial charge in [-0.25, -0.2) is 9.78 Å². The van der Waals surface area contributed by atoms with Crippen molar-refractivity contribution in [2.75, 3.05) is 0 Å². The molecule has 2 aromatic heterocycles. The molecule has 1 unspecified atom stereocenters. The number of imidazole rings is 1. The molecular weight excluding hydrogens is 236 g/mol. The highest BCUT2D eigenvalue weighted by atomic mass is 32.1. The van der Waals surface area contributed by atoms with Crippen LogP contribution in [-0.4, -0.2) is 19.1 Å². The van der Waals surface area contributed by atoms with Crippen LogP contribution >= 0.6 is 12.2 Å². The third kappa shape index (κ3) is 1.72. The zero-order valence-electron chi connectivity index (χ0n) is 10.4. The fourth-order valence-electron chi connectivity index (χ4n) is 1.77. The monoisotopic (exact) mass is 252 g/mol. The van der Waals surface area contributed by atoms with Gasteiger partial charge in [-0.15, -0.1) is 0 Å². The van der Waals surface area contributed by atoms with E-state index in [2.05, 4.69) is 23.8 Å². The van der Waals surface area contributed by atoms with Crippen LogP contribution in [0.2, 0.25) is 0 Å². The molecule has 0 amide bonds. The summed E-state index contributed by atoms with van der Waals surface area (Å²) in [5.74, 6) is 1.21. The lowest BCUT2D eigenvalue weighted by atomic mass is 10.1. The van der Waals surface area contributed by atoms with Crippen LogP contribution in [0.1, 0.15) is 32.0 Å². The lowest BCUT2D eigenvalue weighted by Gasteiger charge is -2.02. The van der Waals surface area contributed by atoms with Crippen LogP contribution < -0.4 is 5.69 Å². The predicted octanol–water partition coefficient (Wildman–Crippen LogP) is 1.84. The molecule has 0 aliphatic rings. The fraction of sp³-hybridized carbons (Fsp3) is 0.545. The maximum Gasteiger partial charge on any atom is 0.330 e. The Bertz CT molecular complexity index is 679. The number of nitrogens with one attached hydrogen (secondary N) is 1. The van der Waals surface area contributed by atoms with Crippen molar-refractivity contribution in [3.8, 4) is 0 Å². The number of nitrogens with zero attached hydrogens (tertiary/aromatic N) is 3. The number of hydrogen-bond donors (Lipinski definition) is 1. The van der Waals surface area contributed by atoms with Crippen LogP contribution in [0.4, 0.5) is 0 Å². The first kappa shape index (κ1) is 12.0. The van der Waals surface area contributed by atoms with Crippen molar-refractivity contribution in [3.63, 3.8) is 0 Å². The molecule has 0 fully saturated rings. The second-order valence-electron chi connectivity index (χ2n) is 4.34. The molecular formula is C11H16N4OS. The first-order valence-corrected chi connectivity index (χ1v) is 6.03. The number of aryl methyl sites for hydroxylation is 1. The molecule has 1 N–H and O–H groups in total. The van der Waals surface area contributed by atoms with E-state index in [1.165, 1.54) is 9.13 Å². The van der Waals surface area contributed by atoms with E-state index in [-0.39, 0.29) is 5.69 Å². The van der Waals surface area contributed by atoms with Crippen molar-refractivity contribution in [2.24, 2.45) is 14.1 Å². The third-order valence-electron chi connectivity index (χ3n) is 3.19. The van der Waals surface area contributed by atoms with E-state index in [1.807, 2.05) is 0 Å². The third-order valence-corrected chi connectivity index (χ3v) is 3.67. The molecule has 1 atom stereocenters. The predicted molar refractivity (Wildman–Crippen MR) is 69.8 cm³/mol. The zero-order valence-corrected chi connectivity index (χ0v) is 11.3. The van der Waals surface area contributed by atoms with Crippen LogP contribution in [0.25, 0.3) is 11.2 Å². The second kappa shape index (κ2) is 4.10. The van der Waals surface area contributed by atoms with E-state index in [1.54, 1.807) is 14.1 Å². The minimum Gasteiger partial charge on any atom is -0.338 e. The van der Waals surface area contributed by atoms with Crippen LogP contribution in [0.3, 0.4) is 0 Å². The molecule has 2 heterocycles. The standard InChI is InChI=1S/C11H16N4OS/c1-5-6(2)8-12-7-9(13-8)14(3)11(16)15(4)10(7)17/h6H,5H2,1-4H3,(H,12,13). The topological polar surface area (TPSA) is 55.6 Å². The Morgan fingerprint density at radius 2 is 2.06 bits per heavy atom. The summed E-state index contributed by atoms with van der Waals surface area (Å²) in [4.78, 5) is 19.6. The molecule has 0 bridgehead atoms. The number of fused-ring (bicyclic) bond motifs is 1. The van der Waals surface area contributed by atoms with Gasteiger partial charge in [0.05, 0.1) is 0 Å². The second-order valence-corrected chi connectivity index (χ2v) is 4.72. The first-order valence-electron chi connectivity index (χ1n) is 5.63. The fourth-order valence-corrected chi connectivity index (χ4v) is 1.99. The summed E-state index contributed by atoms with van der Waals surface area (Å²) in [7, 11) is 3.38. The normalized spacial score (nSPS) is 13.2. The van der Waals surface area contributed by atoms with Gasteiger partial charge in [-0.3, -0.25) is 9.13 Å². The lowest BCUT2D eigenvalue weighted by molar-refractivity contribution is 0.689. The zero-order chi connectivity index (χ0) is 12.7. The maximum absolute atomic E-state index is 11.9. The molecule has 17 heavy (non-hydrogen) atoms. The SMILES string of the molecule is CCC(C)c1nc2c([nH]1)c(=S)n(C)c(=O)n2C. The van der Waals surface area contributed by atoms with Gasteiger partial charge >= 0.3 is 5.69 Å². The Kier molecular flexibility index (Phi) is 2.91. The molecule has 6 heteroatoms. The van der Waals surface area contributed by atoms with Crippen LogP contribution in [0.15, 0.2) is 4.79 Å². The minimum absolute atomic E-state index is 0.148. The van der Waals surface area contributed by atoms with Gasteiger partial charge in [-0.1, -0.05) is 26.1 Å². The Morgan fingerprint density at radius 1 is 1.41 bits per heavy atom. The molecule has 0 spiro atoms. The molecule has 2 aromatic rings. The molecule has 0 aliphatic heterocycles. The van der Waals surface area contributed by atoms with E-state index in [0.29, 0.717) is 16.2 Å². The number of rotatable bonds is 2. The van der Waals surface area contributed by atoms with Gasteiger partial charge in [0, 0.05) is 20.0 Å². The number of H-pyrrole nitrogens is 1. The summed E-state index contributed by atoms with van der Waals surface area (Å²) in [6.07, 6.45) is 0.993. The maximum atomic E-state index is 11.9. The van der Waals surface area contributed by atoms with E-state index < -0.39 is 0 Å². The number of hydrogen-bond acceptors (Lipinski definition) is 3. The average molecular weight is 252 g/mol. The van der Waals surface area contributed by atoms with Gasteiger partial charge in [-0.05, 0) is 6.42 Å². The lowest BCUT2D eigenvalue weighted by Crippen LogP contribution is -2.27. The minimum atomic E-state index is -0.148. The van der Waals surface area contributed by atoms with Crippen molar-refractivity contribution < 1.29 is 0 Å². The molecule has 0 saturated heterocycles. The Hall–Kier alpha value is -1.43. The van der Waals surface area contributed by atoms with Crippen LogP contribution in [0, 0.1) is 4.64 Å². The van der Waals surface area contributed by atoms with Crippen molar-refractivity contribution in [1.82, 2.24) is 19.1 Å². The van der Waals surface area contributed by atoms with Crippen molar-refractivity contribution in [3.05, 3.63) is 20.9 Å². The molecule has 2 rings (SSSR count). The summed E-state index contributed by atoms with van der Waals surface area (Å²) in [5.41, 5.74) is 1.25. The van der Waals surface area contributed by atoms with E-state index >= 15 is 0 Å². The molecule has 92 valence electrons. The van der Waals surface area contributed by atoms with Gasteiger partial charge < -0.3 is 4.98 Å². The molecule has 5 nitrogen and oxygen atoms in total. The molecule has 0 aromatic carbocycles. The number of aromatic nitrogens is 4. The summed E-state index contributed by atoms with van der Waals surface area (Å²) in [5, 5.41) is 0. The smallest absolute Gasteiger partial charge is 0.330 e. The quantitative estimate of drug-likeness (QED) is 0.830. The largest absolute Gasteiger partial charge is 0.338 e. The van der Waals surface area contributed by atoms with Crippen molar-refractivity contribution in [2.45, 2.75) is 26.2 Å². The highest BCUT2D eigenvalue weighted by molar-refractivity contribution is 7.71. The highest BCUT2D eigenvalue weighted by Crippen LogP contribution is 2.19. The van der Waals surface area contributed by atoms with Crippen LogP contribution in [0.5, 0.6) is 0 Å². The van der Waals surface area contributed by atoms with Crippen LogP contribution in [-0.2, 0) is 14.1 Å². The Morgan fingerprint density at radius 3 is 2.65 bits per heavy atom. The van der Waals surface area contributed by atoms with Gasteiger partial charge in [0.15, 0.2) is 5.65 Å². The Labute approximate surface area is 104 Å². The summed E-state index contributed by atoms with van der Waals surface area (Å²) in [6.45, 7) is 4.20.